The smallest absolute Gasteiger partial charge is 0.352 e. The molecule has 0 fully saturated rings. The van der Waals surface area contributed by atoms with E-state index in [-0.39, 0.29) is 16.4 Å². The van der Waals surface area contributed by atoms with Crippen molar-refractivity contribution in [1.82, 2.24) is 14.3 Å². The third-order valence-corrected chi connectivity index (χ3v) is 4.04. The highest BCUT2D eigenvalue weighted by molar-refractivity contribution is 7.92. The summed E-state index contributed by atoms with van der Waals surface area (Å²) in [5.41, 5.74) is -0.205. The van der Waals surface area contributed by atoms with E-state index >= 15 is 0 Å². The van der Waals surface area contributed by atoms with Gasteiger partial charge in [0.2, 0.25) is 0 Å². The fourth-order valence-corrected chi connectivity index (χ4v) is 2.82. The maximum absolute atomic E-state index is 12.2. The van der Waals surface area contributed by atoms with Crippen molar-refractivity contribution >= 4 is 21.8 Å². The zero-order valence-corrected chi connectivity index (χ0v) is 12.1. The minimum absolute atomic E-state index is 0.138. The Morgan fingerprint density at radius 2 is 2.18 bits per heavy atom. The van der Waals surface area contributed by atoms with E-state index in [1.54, 1.807) is 0 Å². The summed E-state index contributed by atoms with van der Waals surface area (Å²) in [6.07, 6.45) is -0.281. The third kappa shape index (κ3) is 3.42. The number of aromatic nitrogens is 3. The maximum Gasteiger partial charge on any atom is 0.352 e. The molecule has 0 saturated carbocycles. The summed E-state index contributed by atoms with van der Waals surface area (Å²) in [4.78, 5) is 10.6. The number of anilines is 1. The van der Waals surface area contributed by atoms with Gasteiger partial charge in [0, 0.05) is 25.5 Å². The average Bonchev–Trinajstić information content (AvgIpc) is 2.95. The van der Waals surface area contributed by atoms with Gasteiger partial charge in [-0.2, -0.15) is 5.10 Å². The molecule has 0 aromatic carbocycles. The summed E-state index contributed by atoms with van der Waals surface area (Å²) in [7, 11) is -2.67. The summed E-state index contributed by atoms with van der Waals surface area (Å²) in [6, 6.07) is 2.21. The minimum atomic E-state index is -4.06. The highest BCUT2D eigenvalue weighted by Gasteiger charge is 2.21. The average molecular weight is 334 g/mol. The Labute approximate surface area is 124 Å². The number of carboxylic acids is 1. The standard InChI is InChI=1S/C11H12F2N4O4S/c1-16-5-7(4-8(16)11(18)19)22(20,21)15-10-2-3-17(14-10)6-9(12)13/h2-5,9H,6H2,1H3,(H,14,15)(H,18,19). The Morgan fingerprint density at radius 3 is 2.73 bits per heavy atom. The van der Waals surface area contributed by atoms with Gasteiger partial charge in [0.15, 0.2) is 5.82 Å². The number of alkyl halides is 2. The maximum atomic E-state index is 12.2. The molecule has 22 heavy (non-hydrogen) atoms. The van der Waals surface area contributed by atoms with Crippen LogP contribution in [0.3, 0.4) is 0 Å². The molecule has 11 heteroatoms. The molecule has 0 radical (unpaired) electrons. The topological polar surface area (TPSA) is 106 Å². The summed E-state index contributed by atoms with van der Waals surface area (Å²) in [5.74, 6) is -1.41. The molecule has 2 aromatic rings. The first-order valence-corrected chi connectivity index (χ1v) is 7.41. The van der Waals surface area contributed by atoms with Crippen LogP contribution in [-0.2, 0) is 23.6 Å². The van der Waals surface area contributed by atoms with Gasteiger partial charge in [-0.1, -0.05) is 0 Å². The van der Waals surface area contributed by atoms with Gasteiger partial charge >= 0.3 is 5.97 Å². The van der Waals surface area contributed by atoms with E-state index in [4.69, 9.17) is 5.11 Å². The second-order valence-electron chi connectivity index (χ2n) is 4.40. The van der Waals surface area contributed by atoms with Crippen LogP contribution >= 0.6 is 0 Å². The highest BCUT2D eigenvalue weighted by Crippen LogP contribution is 2.17. The molecule has 0 aliphatic carbocycles. The molecule has 8 nitrogen and oxygen atoms in total. The summed E-state index contributed by atoms with van der Waals surface area (Å²) < 4.78 is 52.7. The molecule has 0 aliphatic heterocycles. The number of carboxylic acid groups (broad SMARTS) is 1. The van der Waals surface area contributed by atoms with Crippen LogP contribution in [0.25, 0.3) is 0 Å². The molecule has 2 heterocycles. The largest absolute Gasteiger partial charge is 0.477 e. The predicted molar refractivity (Wildman–Crippen MR) is 71.4 cm³/mol. The highest BCUT2D eigenvalue weighted by atomic mass is 32.2. The van der Waals surface area contributed by atoms with Crippen LogP contribution in [0, 0.1) is 0 Å². The van der Waals surface area contributed by atoms with Crippen LogP contribution in [0.5, 0.6) is 0 Å². The fraction of sp³-hybridized carbons (Fsp3) is 0.273. The van der Waals surface area contributed by atoms with Crippen LogP contribution in [0.15, 0.2) is 29.4 Å². The molecule has 0 atom stereocenters. The zero-order chi connectivity index (χ0) is 16.5. The van der Waals surface area contributed by atoms with Crippen molar-refractivity contribution < 1.29 is 27.1 Å². The van der Waals surface area contributed by atoms with Gasteiger partial charge in [0.25, 0.3) is 16.4 Å². The number of hydrogen-bond donors (Lipinski definition) is 2. The predicted octanol–water partition coefficient (Wildman–Crippen LogP) is 0.986. The zero-order valence-electron chi connectivity index (χ0n) is 11.3. The first kappa shape index (κ1) is 15.9. The molecule has 0 spiro atoms. The van der Waals surface area contributed by atoms with Gasteiger partial charge in [-0.05, 0) is 6.07 Å². The molecule has 0 aliphatic rings. The number of aromatic carboxylic acids is 1. The lowest BCUT2D eigenvalue weighted by molar-refractivity contribution is 0.0686. The Kier molecular flexibility index (Phi) is 4.17. The van der Waals surface area contributed by atoms with Gasteiger partial charge in [-0.3, -0.25) is 9.40 Å². The van der Waals surface area contributed by atoms with Crippen molar-refractivity contribution in [1.29, 1.82) is 0 Å². The second-order valence-corrected chi connectivity index (χ2v) is 6.08. The van der Waals surface area contributed by atoms with E-state index in [9.17, 15) is 22.0 Å². The van der Waals surface area contributed by atoms with Crippen LogP contribution in [-0.4, -0.2) is 40.3 Å². The van der Waals surface area contributed by atoms with Crippen molar-refractivity contribution in [3.05, 3.63) is 30.2 Å². The lowest BCUT2D eigenvalue weighted by Crippen LogP contribution is -2.14. The molecule has 0 unspecified atom stereocenters. The molecule has 2 rings (SSSR count). The van der Waals surface area contributed by atoms with E-state index in [2.05, 4.69) is 9.82 Å². The van der Waals surface area contributed by atoms with Gasteiger partial charge in [-0.25, -0.2) is 22.0 Å². The molecule has 2 aromatic heterocycles. The van der Waals surface area contributed by atoms with Gasteiger partial charge in [-0.15, -0.1) is 0 Å². The van der Waals surface area contributed by atoms with Crippen molar-refractivity contribution in [3.8, 4) is 0 Å². The van der Waals surface area contributed by atoms with E-state index in [1.807, 2.05) is 0 Å². The Balaban J connectivity index is 2.22. The minimum Gasteiger partial charge on any atom is -0.477 e. The van der Waals surface area contributed by atoms with Crippen molar-refractivity contribution in [3.63, 3.8) is 0 Å². The normalized spacial score (nSPS) is 11.8. The first-order valence-electron chi connectivity index (χ1n) is 5.93. The van der Waals surface area contributed by atoms with Crippen LogP contribution < -0.4 is 4.72 Å². The van der Waals surface area contributed by atoms with Crippen LogP contribution in [0.2, 0.25) is 0 Å². The molecule has 2 N–H and O–H groups in total. The number of hydrogen-bond acceptors (Lipinski definition) is 4. The fourth-order valence-electron chi connectivity index (χ4n) is 1.75. The van der Waals surface area contributed by atoms with Crippen molar-refractivity contribution in [2.24, 2.45) is 7.05 Å². The Hall–Kier alpha value is -2.43. The lowest BCUT2D eigenvalue weighted by Gasteiger charge is -2.03. The molecule has 0 bridgehead atoms. The third-order valence-electron chi connectivity index (χ3n) is 2.71. The van der Waals surface area contributed by atoms with Crippen molar-refractivity contribution in [2.45, 2.75) is 17.9 Å². The van der Waals surface area contributed by atoms with Crippen LogP contribution in [0.4, 0.5) is 14.6 Å². The Bertz CT molecular complexity index is 797. The first-order chi connectivity index (χ1) is 10.2. The molecule has 0 amide bonds. The summed E-state index contributed by atoms with van der Waals surface area (Å²) >= 11 is 0. The molecule has 0 saturated heterocycles. The number of sulfonamides is 1. The van der Waals surface area contributed by atoms with Crippen molar-refractivity contribution in [2.75, 3.05) is 4.72 Å². The number of aryl methyl sites for hydroxylation is 1. The number of halogens is 2. The van der Waals surface area contributed by atoms with E-state index in [1.165, 1.54) is 19.3 Å². The van der Waals surface area contributed by atoms with Gasteiger partial charge in [0.05, 0.1) is 0 Å². The van der Waals surface area contributed by atoms with Gasteiger partial charge < -0.3 is 9.67 Å². The SMILES string of the molecule is Cn1cc(S(=O)(=O)Nc2ccn(CC(F)F)n2)cc1C(=O)O. The molecular weight excluding hydrogens is 322 g/mol. The van der Waals surface area contributed by atoms with E-state index < -0.39 is 29.0 Å². The Morgan fingerprint density at radius 1 is 1.50 bits per heavy atom. The summed E-state index contributed by atoms with van der Waals surface area (Å²) in [5, 5.41) is 12.5. The van der Waals surface area contributed by atoms with Gasteiger partial charge in [0.1, 0.15) is 17.1 Å². The number of carbonyl (C=O) groups is 1. The lowest BCUT2D eigenvalue weighted by atomic mass is 10.4. The molecular formula is C11H12F2N4O4S. The molecule has 120 valence electrons. The second kappa shape index (κ2) is 5.75. The van der Waals surface area contributed by atoms with E-state index in [0.29, 0.717) is 0 Å². The number of nitrogens with zero attached hydrogens (tertiary/aromatic N) is 3. The number of nitrogens with one attached hydrogen (secondary N) is 1. The quantitative estimate of drug-likeness (QED) is 0.819. The van der Waals surface area contributed by atoms with Crippen LogP contribution in [0.1, 0.15) is 10.5 Å². The number of rotatable bonds is 6. The monoisotopic (exact) mass is 334 g/mol. The summed E-state index contributed by atoms with van der Waals surface area (Å²) in [6.45, 7) is -0.657. The van der Waals surface area contributed by atoms with E-state index in [0.717, 1.165) is 21.5 Å².